The number of rotatable bonds is 9. The molecule has 8 nitrogen and oxygen atoms in total. The molecule has 0 aromatic heterocycles. The normalized spacial score (nSPS) is 20.8. The molecule has 1 saturated carbocycles. The van der Waals surface area contributed by atoms with Crippen molar-refractivity contribution in [2.75, 3.05) is 34.5 Å². The second-order valence-electron chi connectivity index (χ2n) is 9.31. The van der Waals surface area contributed by atoms with E-state index < -0.39 is 17.8 Å². The first kappa shape index (κ1) is 27.2. The minimum Gasteiger partial charge on any atom is -0.493 e. The predicted octanol–water partition coefficient (Wildman–Crippen LogP) is 5.25. The van der Waals surface area contributed by atoms with Crippen molar-refractivity contribution in [3.63, 3.8) is 0 Å². The van der Waals surface area contributed by atoms with Crippen LogP contribution in [0, 0.1) is 5.92 Å². The van der Waals surface area contributed by atoms with Crippen molar-refractivity contribution in [1.29, 1.82) is 0 Å². The molecule has 0 N–H and O–H groups in total. The van der Waals surface area contributed by atoms with Gasteiger partial charge in [-0.05, 0) is 68.5 Å². The van der Waals surface area contributed by atoms with E-state index >= 15 is 0 Å². The number of allylic oxidation sites excluding steroid dienone is 1. The topological polar surface area (TPSA) is 92.7 Å². The van der Waals surface area contributed by atoms with Crippen molar-refractivity contribution in [2.24, 2.45) is 10.9 Å². The van der Waals surface area contributed by atoms with Crippen LogP contribution in [0.5, 0.6) is 23.0 Å². The van der Waals surface area contributed by atoms with Crippen LogP contribution < -0.4 is 18.9 Å². The van der Waals surface area contributed by atoms with Crippen LogP contribution in [0.15, 0.2) is 52.7 Å². The molecule has 1 unspecified atom stereocenters. The maximum absolute atomic E-state index is 13.9. The highest BCUT2D eigenvalue weighted by atomic mass is 16.5. The maximum Gasteiger partial charge on any atom is 0.336 e. The van der Waals surface area contributed by atoms with Crippen molar-refractivity contribution in [2.45, 2.75) is 45.4 Å². The first-order valence-electron chi connectivity index (χ1n) is 12.9. The number of methoxy groups -OCH3 is 3. The fraction of sp³-hybridized carbons (Fsp3) is 0.433. The van der Waals surface area contributed by atoms with E-state index in [1.54, 1.807) is 35.2 Å². The van der Waals surface area contributed by atoms with Crippen LogP contribution in [0.25, 0.3) is 0 Å². The van der Waals surface area contributed by atoms with Gasteiger partial charge < -0.3 is 23.7 Å². The predicted molar refractivity (Wildman–Crippen MR) is 144 cm³/mol. The van der Waals surface area contributed by atoms with Crippen molar-refractivity contribution in [3.05, 3.63) is 58.8 Å². The Morgan fingerprint density at radius 2 is 1.47 bits per heavy atom. The molecule has 1 heterocycles. The molecule has 0 radical (unpaired) electrons. The van der Waals surface area contributed by atoms with Gasteiger partial charge in [0.05, 0.1) is 46.0 Å². The molecule has 1 fully saturated rings. The number of carbonyl (C=O) groups excluding carboxylic acids is 2. The zero-order valence-electron chi connectivity index (χ0n) is 22.8. The lowest BCUT2D eigenvalue weighted by molar-refractivity contribution is -0.139. The summed E-state index contributed by atoms with van der Waals surface area (Å²) in [6.07, 6.45) is 0.906. The number of hydrogen-bond donors (Lipinski definition) is 0. The van der Waals surface area contributed by atoms with Crippen LogP contribution in [-0.4, -0.2) is 52.0 Å². The van der Waals surface area contributed by atoms with Crippen molar-refractivity contribution in [1.82, 2.24) is 0 Å². The van der Waals surface area contributed by atoms with E-state index in [0.29, 0.717) is 53.7 Å². The zero-order valence-corrected chi connectivity index (χ0v) is 22.8. The molecule has 38 heavy (non-hydrogen) atoms. The van der Waals surface area contributed by atoms with Gasteiger partial charge in [0, 0.05) is 23.7 Å². The molecular weight excluding hydrogens is 486 g/mol. The molecule has 2 aliphatic rings. The second kappa shape index (κ2) is 11.7. The molecule has 1 aliphatic heterocycles. The minimum absolute atomic E-state index is 0.0296. The summed E-state index contributed by atoms with van der Waals surface area (Å²) in [6.45, 7) is 6.18. The van der Waals surface area contributed by atoms with E-state index in [-0.39, 0.29) is 18.3 Å². The highest BCUT2D eigenvalue weighted by Gasteiger charge is 2.46. The number of carbonyl (C=O) groups is 2. The third-order valence-corrected chi connectivity index (χ3v) is 7.18. The van der Waals surface area contributed by atoms with Gasteiger partial charge in [0.25, 0.3) is 0 Å². The van der Waals surface area contributed by atoms with Crippen LogP contribution in [0.1, 0.15) is 56.6 Å². The standard InChI is InChI=1S/C30H35NO7/c1-7-37-24-12-10-19(16-26(24)36-6)28-27(30(33)38-8-2)17(3)31-21-13-20(14-22(32)29(21)28)18-9-11-23(34-4)25(15-18)35-5/h9-12,15-16,20,28-29H,7-8,13-14H2,1-6H3/t20-,28+,29?/m0/s1. The molecule has 3 atom stereocenters. The SMILES string of the molecule is CCOC(=O)C1=C(C)N=C2C[C@H](c3ccc(OC)c(OC)c3)CC(=O)C2[C@@H]1c1ccc(OCC)c(OC)c1. The highest BCUT2D eigenvalue weighted by Crippen LogP contribution is 2.48. The van der Waals surface area contributed by atoms with Gasteiger partial charge in [-0.25, -0.2) is 4.79 Å². The van der Waals surface area contributed by atoms with E-state index in [9.17, 15) is 9.59 Å². The van der Waals surface area contributed by atoms with Gasteiger partial charge in [0.15, 0.2) is 23.0 Å². The van der Waals surface area contributed by atoms with Crippen LogP contribution in [0.2, 0.25) is 0 Å². The van der Waals surface area contributed by atoms with Gasteiger partial charge in [-0.15, -0.1) is 0 Å². The van der Waals surface area contributed by atoms with Crippen LogP contribution in [-0.2, 0) is 14.3 Å². The summed E-state index contributed by atoms with van der Waals surface area (Å²) >= 11 is 0. The molecule has 4 rings (SSSR count). The number of fused-ring (bicyclic) bond motifs is 1. The van der Waals surface area contributed by atoms with Crippen molar-refractivity contribution in [3.8, 4) is 23.0 Å². The van der Waals surface area contributed by atoms with E-state index in [1.165, 1.54) is 0 Å². The number of ether oxygens (including phenoxy) is 5. The smallest absolute Gasteiger partial charge is 0.336 e. The van der Waals surface area contributed by atoms with Gasteiger partial charge in [-0.3, -0.25) is 9.79 Å². The molecule has 2 aromatic rings. The third kappa shape index (κ3) is 5.12. The van der Waals surface area contributed by atoms with Crippen LogP contribution in [0.4, 0.5) is 0 Å². The van der Waals surface area contributed by atoms with Gasteiger partial charge in [0.1, 0.15) is 5.78 Å². The zero-order chi connectivity index (χ0) is 27.4. The Balaban J connectivity index is 1.78. The van der Waals surface area contributed by atoms with Gasteiger partial charge in [-0.1, -0.05) is 12.1 Å². The Bertz CT molecular complexity index is 1280. The number of nitrogens with zero attached hydrogens (tertiary/aromatic N) is 1. The number of esters is 1. The summed E-state index contributed by atoms with van der Waals surface area (Å²) in [5.74, 6) is 0.791. The molecule has 2 aromatic carbocycles. The Morgan fingerprint density at radius 1 is 0.842 bits per heavy atom. The Kier molecular flexibility index (Phi) is 8.39. The lowest BCUT2D eigenvalue weighted by Gasteiger charge is -2.38. The van der Waals surface area contributed by atoms with Gasteiger partial charge in [-0.2, -0.15) is 0 Å². The largest absolute Gasteiger partial charge is 0.493 e. The fourth-order valence-corrected chi connectivity index (χ4v) is 5.51. The maximum atomic E-state index is 13.9. The molecule has 0 saturated heterocycles. The fourth-order valence-electron chi connectivity index (χ4n) is 5.51. The number of aliphatic imine (C=N–C) groups is 1. The van der Waals surface area contributed by atoms with Crippen LogP contribution in [0.3, 0.4) is 0 Å². The number of ketones is 1. The minimum atomic E-state index is -0.572. The monoisotopic (exact) mass is 521 g/mol. The Morgan fingerprint density at radius 3 is 2.13 bits per heavy atom. The summed E-state index contributed by atoms with van der Waals surface area (Å²) in [4.78, 5) is 31.9. The second-order valence-corrected chi connectivity index (χ2v) is 9.31. The third-order valence-electron chi connectivity index (χ3n) is 7.18. The first-order valence-corrected chi connectivity index (χ1v) is 12.9. The molecule has 202 valence electrons. The average molecular weight is 522 g/mol. The lowest BCUT2D eigenvalue weighted by Crippen LogP contribution is -2.41. The molecular formula is C30H35NO7. The van der Waals surface area contributed by atoms with Gasteiger partial charge >= 0.3 is 5.97 Å². The van der Waals surface area contributed by atoms with E-state index in [1.807, 2.05) is 43.3 Å². The molecule has 0 spiro atoms. The summed E-state index contributed by atoms with van der Waals surface area (Å²) in [6, 6.07) is 11.3. The number of benzene rings is 2. The number of hydrogen-bond acceptors (Lipinski definition) is 8. The summed E-state index contributed by atoms with van der Waals surface area (Å²) in [7, 11) is 4.76. The summed E-state index contributed by atoms with van der Waals surface area (Å²) < 4.78 is 27.6. The summed E-state index contributed by atoms with van der Waals surface area (Å²) in [5, 5.41) is 0. The average Bonchev–Trinajstić information content (AvgIpc) is 2.92. The Labute approximate surface area is 223 Å². The Hall–Kier alpha value is -3.81. The van der Waals surface area contributed by atoms with E-state index in [2.05, 4.69) is 0 Å². The molecule has 8 heteroatoms. The molecule has 0 amide bonds. The van der Waals surface area contributed by atoms with Crippen molar-refractivity contribution < 1.29 is 33.3 Å². The lowest BCUT2D eigenvalue weighted by atomic mass is 9.66. The highest BCUT2D eigenvalue weighted by molar-refractivity contribution is 6.12. The first-order chi connectivity index (χ1) is 18.4. The molecule has 1 aliphatic carbocycles. The van der Waals surface area contributed by atoms with E-state index in [4.69, 9.17) is 28.7 Å². The van der Waals surface area contributed by atoms with Crippen LogP contribution >= 0.6 is 0 Å². The summed E-state index contributed by atoms with van der Waals surface area (Å²) in [5.41, 5.74) is 3.50. The number of Topliss-reactive ketones (excluding diaryl/α,β-unsaturated/α-hetero) is 1. The van der Waals surface area contributed by atoms with Gasteiger partial charge in [0.2, 0.25) is 0 Å². The quantitative estimate of drug-likeness (QED) is 0.416. The van der Waals surface area contributed by atoms with Crippen molar-refractivity contribution >= 4 is 17.5 Å². The molecule has 0 bridgehead atoms. The van der Waals surface area contributed by atoms with E-state index in [0.717, 1.165) is 16.8 Å².